The summed E-state index contributed by atoms with van der Waals surface area (Å²) >= 11 is 1.89. The van der Waals surface area contributed by atoms with Gasteiger partial charge in [-0.05, 0) is 66.1 Å². The lowest BCUT2D eigenvalue weighted by Gasteiger charge is -2.12. The topological polar surface area (TPSA) is 9.86 Å². The Morgan fingerprint density at radius 1 is 0.391 bits per heavy atom. The summed E-state index contributed by atoms with van der Waals surface area (Å²) in [5, 5.41) is 7.84. The number of fused-ring (bicyclic) bond motifs is 10. The highest BCUT2D eigenvalue weighted by atomic mass is 32.1. The van der Waals surface area contributed by atoms with E-state index in [1.165, 1.54) is 91.8 Å². The number of thiophene rings is 1. The van der Waals surface area contributed by atoms with E-state index in [0.29, 0.717) is 0 Å². The van der Waals surface area contributed by atoms with Crippen LogP contribution in [0.3, 0.4) is 0 Å². The Morgan fingerprint density at radius 3 is 1.54 bits per heavy atom. The van der Waals surface area contributed by atoms with Gasteiger partial charge in [0.2, 0.25) is 0 Å². The molecule has 7 aromatic carbocycles. The Hall–Kier alpha value is -5.64. The molecule has 46 heavy (non-hydrogen) atoms. The van der Waals surface area contributed by atoms with E-state index in [-0.39, 0.29) is 0 Å². The molecule has 0 fully saturated rings. The zero-order valence-corrected chi connectivity index (χ0v) is 26.1. The predicted octanol–water partition coefficient (Wildman–Crippen LogP) is 12.2. The largest absolute Gasteiger partial charge is 0.309 e. The summed E-state index contributed by atoms with van der Waals surface area (Å²) in [6.07, 6.45) is 0. The highest BCUT2D eigenvalue weighted by Crippen LogP contribution is 2.43. The molecule has 0 radical (unpaired) electrons. The smallest absolute Gasteiger partial charge is 0.0719 e. The molecule has 0 saturated heterocycles. The second kappa shape index (κ2) is 9.68. The van der Waals surface area contributed by atoms with Gasteiger partial charge in [0.25, 0.3) is 0 Å². The van der Waals surface area contributed by atoms with Crippen molar-refractivity contribution < 1.29 is 0 Å². The molecule has 0 atom stereocenters. The lowest BCUT2D eigenvalue weighted by molar-refractivity contribution is 1.17. The zero-order chi connectivity index (χ0) is 30.4. The fourth-order valence-electron chi connectivity index (χ4n) is 7.56. The van der Waals surface area contributed by atoms with Gasteiger partial charge >= 0.3 is 0 Å². The molecule has 0 amide bonds. The van der Waals surface area contributed by atoms with E-state index in [4.69, 9.17) is 0 Å². The van der Waals surface area contributed by atoms with Gasteiger partial charge in [0.05, 0.1) is 26.8 Å². The van der Waals surface area contributed by atoms with Gasteiger partial charge in [-0.25, -0.2) is 0 Å². The monoisotopic (exact) mass is 604 g/mol. The van der Waals surface area contributed by atoms with Crippen molar-refractivity contribution in [2.24, 2.45) is 0 Å². The van der Waals surface area contributed by atoms with Crippen molar-refractivity contribution in [2.75, 3.05) is 0 Å². The molecule has 3 heteroatoms. The molecule has 0 unspecified atom stereocenters. The van der Waals surface area contributed by atoms with Gasteiger partial charge in [0.15, 0.2) is 0 Å². The third-order valence-corrected chi connectivity index (χ3v) is 10.9. The zero-order valence-electron chi connectivity index (χ0n) is 25.2. The third kappa shape index (κ3) is 3.58. The number of hydrogen-bond donors (Lipinski definition) is 0. The second-order valence-electron chi connectivity index (χ2n) is 12.2. The van der Waals surface area contributed by atoms with Gasteiger partial charge in [0, 0.05) is 48.4 Å². The molecule has 2 nitrogen and oxygen atoms in total. The van der Waals surface area contributed by atoms with Crippen LogP contribution in [0.15, 0.2) is 152 Å². The first-order valence-corrected chi connectivity index (χ1v) is 16.6. The van der Waals surface area contributed by atoms with Gasteiger partial charge in [0.1, 0.15) is 0 Å². The highest BCUT2D eigenvalue weighted by Gasteiger charge is 2.18. The molecule has 0 saturated carbocycles. The van der Waals surface area contributed by atoms with Crippen LogP contribution in [0.1, 0.15) is 5.56 Å². The average Bonchev–Trinajstić information content (AvgIpc) is 3.77. The number of aryl methyl sites for hydroxylation is 1. The van der Waals surface area contributed by atoms with Gasteiger partial charge < -0.3 is 9.13 Å². The SMILES string of the molecule is Cc1cccc2c3ccccc3n(-c3ccc(-c4ccc(-n5c6ccccc6c6ccc7c8ccccc8sc7c65)cc4)cc3)c12. The number of benzene rings is 7. The summed E-state index contributed by atoms with van der Waals surface area (Å²) < 4.78 is 7.54. The van der Waals surface area contributed by atoms with E-state index in [1.54, 1.807) is 0 Å². The van der Waals surface area contributed by atoms with E-state index in [9.17, 15) is 0 Å². The summed E-state index contributed by atoms with van der Waals surface area (Å²) in [4.78, 5) is 0. The molecule has 0 spiro atoms. The number of aromatic nitrogens is 2. The van der Waals surface area contributed by atoms with E-state index in [1.807, 2.05) is 11.3 Å². The first-order valence-electron chi connectivity index (χ1n) is 15.8. The fourth-order valence-corrected chi connectivity index (χ4v) is 8.80. The molecule has 0 N–H and O–H groups in total. The number of nitrogens with zero attached hydrogens (tertiary/aromatic N) is 2. The summed E-state index contributed by atoms with van der Waals surface area (Å²) in [6, 6.07) is 55.6. The minimum Gasteiger partial charge on any atom is -0.309 e. The normalized spacial score (nSPS) is 12.0. The highest BCUT2D eigenvalue weighted by molar-refractivity contribution is 7.26. The van der Waals surface area contributed by atoms with Crippen LogP contribution in [0.5, 0.6) is 0 Å². The van der Waals surface area contributed by atoms with Gasteiger partial charge in [-0.3, -0.25) is 0 Å². The molecule has 10 aromatic rings. The molecule has 0 aliphatic carbocycles. The Morgan fingerprint density at radius 2 is 0.891 bits per heavy atom. The Labute approximate surface area is 270 Å². The average molecular weight is 605 g/mol. The second-order valence-corrected chi connectivity index (χ2v) is 13.3. The molecule has 0 bridgehead atoms. The standard InChI is InChI=1S/C43H28N2S/c1-27-9-8-13-35-32-10-2-5-14-38(32)44(41(27)35)30-21-17-28(18-22-30)29-19-23-31(24-20-29)45-39-15-6-3-11-33(39)36-25-26-37-34-12-4-7-16-40(34)46-43(37)42(36)45/h2-26H,1H3. The van der Waals surface area contributed by atoms with Crippen molar-refractivity contribution in [1.29, 1.82) is 0 Å². The molecule has 3 aromatic heterocycles. The molecule has 10 rings (SSSR count). The summed E-state index contributed by atoms with van der Waals surface area (Å²) in [7, 11) is 0. The summed E-state index contributed by atoms with van der Waals surface area (Å²) in [5.74, 6) is 0. The maximum atomic E-state index is 2.46. The van der Waals surface area contributed by atoms with E-state index in [2.05, 4.69) is 168 Å². The van der Waals surface area contributed by atoms with E-state index < -0.39 is 0 Å². The lowest BCUT2D eigenvalue weighted by Crippen LogP contribution is -1.95. The Kier molecular flexibility index (Phi) is 5.40. The number of rotatable bonds is 3. The van der Waals surface area contributed by atoms with Crippen LogP contribution >= 0.6 is 11.3 Å². The maximum absolute atomic E-state index is 2.46. The Bertz CT molecular complexity index is 2790. The van der Waals surface area contributed by atoms with Crippen LogP contribution in [0, 0.1) is 6.92 Å². The molecule has 216 valence electrons. The minimum atomic E-state index is 1.18. The third-order valence-electron chi connectivity index (χ3n) is 9.66. The lowest BCUT2D eigenvalue weighted by atomic mass is 10.0. The molecular weight excluding hydrogens is 577 g/mol. The molecule has 0 aliphatic rings. The number of hydrogen-bond acceptors (Lipinski definition) is 1. The number of para-hydroxylation sites is 3. The first kappa shape index (κ1) is 25.7. The van der Waals surface area contributed by atoms with Crippen molar-refractivity contribution in [3.8, 4) is 22.5 Å². The molecule has 0 aliphatic heterocycles. The Balaban J connectivity index is 1.10. The van der Waals surface area contributed by atoms with Crippen LogP contribution in [-0.2, 0) is 0 Å². The van der Waals surface area contributed by atoms with Gasteiger partial charge in [-0.15, -0.1) is 11.3 Å². The summed E-state index contributed by atoms with van der Waals surface area (Å²) in [6.45, 7) is 2.20. The van der Waals surface area contributed by atoms with E-state index >= 15 is 0 Å². The van der Waals surface area contributed by atoms with E-state index in [0.717, 1.165) is 0 Å². The molecular formula is C43H28N2S. The summed E-state index contributed by atoms with van der Waals surface area (Å²) in [5.41, 5.74) is 11.1. The first-order chi connectivity index (χ1) is 22.7. The minimum absolute atomic E-state index is 1.18. The van der Waals surface area contributed by atoms with Gasteiger partial charge in [-0.2, -0.15) is 0 Å². The van der Waals surface area contributed by atoms with Crippen LogP contribution in [0.4, 0.5) is 0 Å². The van der Waals surface area contributed by atoms with Gasteiger partial charge in [-0.1, -0.05) is 109 Å². The van der Waals surface area contributed by atoms with Crippen LogP contribution in [-0.4, -0.2) is 9.13 Å². The van der Waals surface area contributed by atoms with Crippen LogP contribution in [0.2, 0.25) is 0 Å². The van der Waals surface area contributed by atoms with Crippen molar-refractivity contribution in [3.05, 3.63) is 157 Å². The van der Waals surface area contributed by atoms with Crippen LogP contribution in [0.25, 0.3) is 86.3 Å². The van der Waals surface area contributed by atoms with Crippen molar-refractivity contribution in [1.82, 2.24) is 9.13 Å². The predicted molar refractivity (Wildman–Crippen MR) is 198 cm³/mol. The van der Waals surface area contributed by atoms with Crippen LogP contribution < -0.4 is 0 Å². The quantitative estimate of drug-likeness (QED) is 0.190. The van der Waals surface area contributed by atoms with Crippen molar-refractivity contribution >= 4 is 75.1 Å². The van der Waals surface area contributed by atoms with Crippen molar-refractivity contribution in [2.45, 2.75) is 6.92 Å². The molecule has 3 heterocycles. The maximum Gasteiger partial charge on any atom is 0.0719 e. The van der Waals surface area contributed by atoms with Crippen molar-refractivity contribution in [3.63, 3.8) is 0 Å². The fraction of sp³-hybridized carbons (Fsp3) is 0.0233.